The average Bonchev–Trinajstić information content (AvgIpc) is 2.92. The highest BCUT2D eigenvalue weighted by atomic mass is 16.2. The molecule has 0 saturated carbocycles. The molecule has 1 aliphatic heterocycles. The average molecular weight is 328 g/mol. The predicted molar refractivity (Wildman–Crippen MR) is 91.7 cm³/mol. The SMILES string of the molecule is C=CC(=O)N(C)c1ccc(C(=O)NCCC2C(=O)NN=C2C)cc1. The lowest BCUT2D eigenvalue weighted by molar-refractivity contribution is -0.122. The number of hydrazone groups is 1. The van der Waals surface area contributed by atoms with Crippen LogP contribution >= 0.6 is 0 Å². The van der Waals surface area contributed by atoms with Gasteiger partial charge in [0, 0.05) is 30.6 Å². The molecule has 126 valence electrons. The first-order valence-corrected chi connectivity index (χ1v) is 7.56. The number of hydrogen-bond donors (Lipinski definition) is 2. The molecule has 0 radical (unpaired) electrons. The van der Waals surface area contributed by atoms with Gasteiger partial charge >= 0.3 is 0 Å². The highest BCUT2D eigenvalue weighted by Crippen LogP contribution is 2.15. The van der Waals surface area contributed by atoms with Crippen LogP contribution in [0.4, 0.5) is 5.69 Å². The Morgan fingerprint density at radius 2 is 2.04 bits per heavy atom. The van der Waals surface area contributed by atoms with E-state index >= 15 is 0 Å². The fourth-order valence-corrected chi connectivity index (χ4v) is 2.36. The normalized spacial score (nSPS) is 16.2. The third-order valence-corrected chi connectivity index (χ3v) is 3.90. The summed E-state index contributed by atoms with van der Waals surface area (Å²) in [5.74, 6) is -0.876. The minimum Gasteiger partial charge on any atom is -0.352 e. The Morgan fingerprint density at radius 3 is 2.58 bits per heavy atom. The molecule has 0 saturated heterocycles. The number of nitrogens with zero attached hydrogens (tertiary/aromatic N) is 2. The zero-order valence-electron chi connectivity index (χ0n) is 13.7. The smallest absolute Gasteiger partial charge is 0.251 e. The van der Waals surface area contributed by atoms with Crippen molar-refractivity contribution in [2.45, 2.75) is 13.3 Å². The summed E-state index contributed by atoms with van der Waals surface area (Å²) in [5.41, 5.74) is 4.30. The Balaban J connectivity index is 1.89. The lowest BCUT2D eigenvalue weighted by atomic mass is 10.0. The van der Waals surface area contributed by atoms with Crippen LogP contribution in [0.5, 0.6) is 0 Å². The van der Waals surface area contributed by atoms with Crippen molar-refractivity contribution >= 4 is 29.1 Å². The minimum atomic E-state index is -0.286. The molecule has 0 aliphatic carbocycles. The number of likely N-dealkylation sites (N-methyl/N-ethyl adjacent to an activating group) is 1. The van der Waals surface area contributed by atoms with Crippen molar-refractivity contribution in [2.75, 3.05) is 18.5 Å². The number of benzene rings is 1. The second-order valence-corrected chi connectivity index (χ2v) is 5.47. The molecule has 1 aromatic carbocycles. The lowest BCUT2D eigenvalue weighted by Gasteiger charge is -2.15. The van der Waals surface area contributed by atoms with Gasteiger partial charge in [0.1, 0.15) is 0 Å². The van der Waals surface area contributed by atoms with Crippen LogP contribution in [0.1, 0.15) is 23.7 Å². The zero-order chi connectivity index (χ0) is 17.7. The third-order valence-electron chi connectivity index (χ3n) is 3.90. The monoisotopic (exact) mass is 328 g/mol. The molecule has 2 rings (SSSR count). The summed E-state index contributed by atoms with van der Waals surface area (Å²) in [7, 11) is 1.63. The summed E-state index contributed by atoms with van der Waals surface area (Å²) >= 11 is 0. The molecule has 1 aliphatic rings. The van der Waals surface area contributed by atoms with E-state index in [4.69, 9.17) is 0 Å². The topological polar surface area (TPSA) is 90.9 Å². The second kappa shape index (κ2) is 7.54. The summed E-state index contributed by atoms with van der Waals surface area (Å²) in [6.45, 7) is 5.60. The molecule has 7 nitrogen and oxygen atoms in total. The highest BCUT2D eigenvalue weighted by Gasteiger charge is 2.26. The fraction of sp³-hybridized carbons (Fsp3) is 0.294. The van der Waals surface area contributed by atoms with E-state index in [2.05, 4.69) is 22.4 Å². The summed E-state index contributed by atoms with van der Waals surface area (Å²) in [6, 6.07) is 6.67. The van der Waals surface area contributed by atoms with Gasteiger partial charge in [0.2, 0.25) is 11.8 Å². The minimum absolute atomic E-state index is 0.138. The van der Waals surface area contributed by atoms with Gasteiger partial charge in [0.15, 0.2) is 0 Å². The van der Waals surface area contributed by atoms with Crippen LogP contribution in [-0.2, 0) is 9.59 Å². The van der Waals surface area contributed by atoms with E-state index in [1.54, 1.807) is 38.2 Å². The molecule has 0 fully saturated rings. The van der Waals surface area contributed by atoms with Gasteiger partial charge in [0.05, 0.1) is 5.92 Å². The molecule has 1 atom stereocenters. The first kappa shape index (κ1) is 17.4. The maximum Gasteiger partial charge on any atom is 0.251 e. The van der Waals surface area contributed by atoms with Gasteiger partial charge in [-0.3, -0.25) is 14.4 Å². The van der Waals surface area contributed by atoms with Crippen molar-refractivity contribution in [1.82, 2.24) is 10.7 Å². The van der Waals surface area contributed by atoms with E-state index in [1.807, 2.05) is 0 Å². The predicted octanol–water partition coefficient (Wildman–Crippen LogP) is 1.08. The Morgan fingerprint density at radius 1 is 1.38 bits per heavy atom. The summed E-state index contributed by atoms with van der Waals surface area (Å²) in [6.07, 6.45) is 1.73. The van der Waals surface area contributed by atoms with Gasteiger partial charge in [-0.15, -0.1) is 0 Å². The molecule has 0 bridgehead atoms. The van der Waals surface area contributed by atoms with Crippen LogP contribution in [-0.4, -0.2) is 37.0 Å². The molecule has 24 heavy (non-hydrogen) atoms. The fourth-order valence-electron chi connectivity index (χ4n) is 2.36. The van der Waals surface area contributed by atoms with Crippen LogP contribution in [0.25, 0.3) is 0 Å². The quantitative estimate of drug-likeness (QED) is 0.766. The van der Waals surface area contributed by atoms with Crippen molar-refractivity contribution in [3.63, 3.8) is 0 Å². The Labute approximate surface area is 140 Å². The van der Waals surface area contributed by atoms with Crippen LogP contribution in [0.15, 0.2) is 42.0 Å². The van der Waals surface area contributed by atoms with Crippen LogP contribution in [0, 0.1) is 5.92 Å². The van der Waals surface area contributed by atoms with Gasteiger partial charge in [-0.1, -0.05) is 6.58 Å². The van der Waals surface area contributed by atoms with Gasteiger partial charge in [0.25, 0.3) is 5.91 Å². The van der Waals surface area contributed by atoms with E-state index in [-0.39, 0.29) is 23.6 Å². The zero-order valence-corrected chi connectivity index (χ0v) is 13.7. The van der Waals surface area contributed by atoms with E-state index in [0.29, 0.717) is 24.2 Å². The van der Waals surface area contributed by atoms with Crippen molar-refractivity contribution in [1.29, 1.82) is 0 Å². The molecule has 2 N–H and O–H groups in total. The van der Waals surface area contributed by atoms with Gasteiger partial charge < -0.3 is 10.2 Å². The van der Waals surface area contributed by atoms with Gasteiger partial charge in [-0.2, -0.15) is 5.10 Å². The highest BCUT2D eigenvalue weighted by molar-refractivity contribution is 6.07. The van der Waals surface area contributed by atoms with Gasteiger partial charge in [-0.05, 0) is 43.7 Å². The first-order chi connectivity index (χ1) is 11.4. The molecular formula is C17H20N4O3. The summed E-state index contributed by atoms with van der Waals surface area (Å²) in [5, 5.41) is 6.65. The number of rotatable bonds is 6. The van der Waals surface area contributed by atoms with Crippen molar-refractivity contribution < 1.29 is 14.4 Å². The van der Waals surface area contributed by atoms with Crippen LogP contribution < -0.4 is 15.6 Å². The van der Waals surface area contributed by atoms with E-state index in [1.165, 1.54) is 11.0 Å². The van der Waals surface area contributed by atoms with Crippen LogP contribution in [0.3, 0.4) is 0 Å². The second-order valence-electron chi connectivity index (χ2n) is 5.47. The number of hydrogen-bond acceptors (Lipinski definition) is 4. The maximum atomic E-state index is 12.1. The molecule has 3 amide bonds. The van der Waals surface area contributed by atoms with Crippen LogP contribution in [0.2, 0.25) is 0 Å². The van der Waals surface area contributed by atoms with Gasteiger partial charge in [-0.25, -0.2) is 5.43 Å². The van der Waals surface area contributed by atoms with E-state index in [9.17, 15) is 14.4 Å². The molecule has 0 aromatic heterocycles. The van der Waals surface area contributed by atoms with Crippen molar-refractivity contribution in [3.05, 3.63) is 42.5 Å². The molecule has 7 heteroatoms. The van der Waals surface area contributed by atoms with E-state index in [0.717, 1.165) is 5.71 Å². The molecule has 1 aromatic rings. The number of amides is 3. The number of nitrogens with one attached hydrogen (secondary N) is 2. The van der Waals surface area contributed by atoms with Crippen molar-refractivity contribution in [2.24, 2.45) is 11.0 Å². The molecular weight excluding hydrogens is 308 g/mol. The lowest BCUT2D eigenvalue weighted by Crippen LogP contribution is -2.30. The Bertz CT molecular complexity index is 694. The summed E-state index contributed by atoms with van der Waals surface area (Å²) in [4.78, 5) is 36.6. The van der Waals surface area contributed by atoms with Crippen molar-refractivity contribution in [3.8, 4) is 0 Å². The molecule has 1 unspecified atom stereocenters. The number of anilines is 1. The third kappa shape index (κ3) is 3.87. The summed E-state index contributed by atoms with van der Waals surface area (Å²) < 4.78 is 0. The number of carbonyl (C=O) groups excluding carboxylic acids is 3. The Hall–Kier alpha value is -2.96. The Kier molecular flexibility index (Phi) is 5.47. The standard InChI is InChI=1S/C17H20N4O3/c1-4-15(22)21(3)13-7-5-12(6-8-13)16(23)18-10-9-14-11(2)19-20-17(14)24/h4-8,14H,1,9-10H2,2-3H3,(H,18,23)(H,20,24). The largest absolute Gasteiger partial charge is 0.352 e. The molecule has 1 heterocycles. The first-order valence-electron chi connectivity index (χ1n) is 7.56. The molecule has 0 spiro atoms. The van der Waals surface area contributed by atoms with E-state index < -0.39 is 0 Å². The number of carbonyl (C=O) groups is 3. The maximum absolute atomic E-state index is 12.1.